The molecular formula is C19H25NO8S. The minimum absolute atomic E-state index is 0.307. The Balaban J connectivity index is 0.000000537. The van der Waals surface area contributed by atoms with Crippen molar-refractivity contribution in [1.82, 2.24) is 5.32 Å². The monoisotopic (exact) mass is 427 g/mol. The van der Waals surface area contributed by atoms with Gasteiger partial charge in [0.05, 0.1) is 14.2 Å². The molecule has 0 bridgehead atoms. The van der Waals surface area contributed by atoms with Gasteiger partial charge in [-0.25, -0.2) is 0 Å². The second-order valence-corrected chi connectivity index (χ2v) is 7.17. The van der Waals surface area contributed by atoms with E-state index in [9.17, 15) is 0 Å². The third kappa shape index (κ3) is 7.42. The highest BCUT2D eigenvalue weighted by Crippen LogP contribution is 2.33. The fourth-order valence-corrected chi connectivity index (χ4v) is 2.87. The normalized spacial score (nSPS) is 13.3. The lowest BCUT2D eigenvalue weighted by Crippen LogP contribution is -2.27. The van der Waals surface area contributed by atoms with Crippen LogP contribution in [0, 0.1) is 0 Å². The minimum atomic E-state index is -4.67. The number of hydrogen-bond donors (Lipinski definition) is 3. The average molecular weight is 427 g/mol. The standard InChI is InChI=1S/C19H23NO4.H2O4S/c1-13(9-14-7-8-16-18(10-14)24-12-23-16)20-11-15-5-4-6-17(21-2)19(15)22-3;1-5(2,3)4/h4-8,10,13,20H,9,11-12H2,1-3H3;(H2,1,2,3,4). The quantitative estimate of drug-likeness (QED) is 0.572. The van der Waals surface area contributed by atoms with E-state index in [4.69, 9.17) is 36.5 Å². The molecule has 0 saturated heterocycles. The van der Waals surface area contributed by atoms with Crippen LogP contribution in [0.1, 0.15) is 18.1 Å². The predicted molar refractivity (Wildman–Crippen MR) is 106 cm³/mol. The summed E-state index contributed by atoms with van der Waals surface area (Å²) in [5.74, 6) is 3.18. The maximum absolute atomic E-state index is 8.74. The Hall–Kier alpha value is -2.53. The van der Waals surface area contributed by atoms with E-state index >= 15 is 0 Å². The summed E-state index contributed by atoms with van der Waals surface area (Å²) in [5, 5.41) is 3.53. The van der Waals surface area contributed by atoms with Gasteiger partial charge in [-0.15, -0.1) is 0 Å². The summed E-state index contributed by atoms with van der Waals surface area (Å²) in [6, 6.07) is 12.3. The molecule has 0 spiro atoms. The first-order valence-electron chi connectivity index (χ1n) is 8.73. The van der Waals surface area contributed by atoms with Crippen molar-refractivity contribution in [2.45, 2.75) is 25.9 Å². The molecule has 2 aromatic carbocycles. The number of ether oxygens (including phenoxy) is 4. The number of nitrogens with one attached hydrogen (secondary N) is 1. The van der Waals surface area contributed by atoms with Crippen LogP contribution in [0.15, 0.2) is 36.4 Å². The summed E-state index contributed by atoms with van der Waals surface area (Å²) in [7, 11) is -1.35. The molecule has 2 aromatic rings. The second kappa shape index (κ2) is 10.3. The van der Waals surface area contributed by atoms with Crippen LogP contribution >= 0.6 is 0 Å². The van der Waals surface area contributed by atoms with Crippen LogP contribution in [0.25, 0.3) is 0 Å². The molecule has 0 fully saturated rings. The van der Waals surface area contributed by atoms with Gasteiger partial charge in [0, 0.05) is 18.2 Å². The molecule has 1 atom stereocenters. The first-order valence-corrected chi connectivity index (χ1v) is 10.1. The maximum Gasteiger partial charge on any atom is 0.394 e. The van der Waals surface area contributed by atoms with E-state index in [2.05, 4.69) is 18.3 Å². The van der Waals surface area contributed by atoms with E-state index in [-0.39, 0.29) is 0 Å². The lowest BCUT2D eigenvalue weighted by atomic mass is 10.1. The van der Waals surface area contributed by atoms with E-state index < -0.39 is 10.4 Å². The predicted octanol–water partition coefficient (Wildman–Crippen LogP) is 2.50. The van der Waals surface area contributed by atoms with Gasteiger partial charge < -0.3 is 24.3 Å². The molecule has 9 nitrogen and oxygen atoms in total. The van der Waals surface area contributed by atoms with Crippen molar-refractivity contribution in [3.63, 3.8) is 0 Å². The van der Waals surface area contributed by atoms with Crippen molar-refractivity contribution in [3.05, 3.63) is 47.5 Å². The van der Waals surface area contributed by atoms with Gasteiger partial charge >= 0.3 is 10.4 Å². The third-order valence-corrected chi connectivity index (χ3v) is 4.10. The first kappa shape index (κ1) is 22.8. The summed E-state index contributed by atoms with van der Waals surface area (Å²) >= 11 is 0. The summed E-state index contributed by atoms with van der Waals surface area (Å²) in [4.78, 5) is 0. The van der Waals surface area contributed by atoms with Crippen LogP contribution in [0.5, 0.6) is 23.0 Å². The van der Waals surface area contributed by atoms with Gasteiger partial charge in [0.1, 0.15) is 0 Å². The number of fused-ring (bicyclic) bond motifs is 1. The fraction of sp³-hybridized carbons (Fsp3) is 0.368. The molecule has 1 aliphatic rings. The Morgan fingerprint density at radius 1 is 1.10 bits per heavy atom. The van der Waals surface area contributed by atoms with Gasteiger partial charge in [0.25, 0.3) is 0 Å². The van der Waals surface area contributed by atoms with Crippen molar-refractivity contribution in [2.24, 2.45) is 0 Å². The third-order valence-electron chi connectivity index (χ3n) is 4.10. The lowest BCUT2D eigenvalue weighted by molar-refractivity contribution is 0.174. The van der Waals surface area contributed by atoms with E-state index in [1.165, 1.54) is 5.56 Å². The Labute approximate surface area is 170 Å². The average Bonchev–Trinajstić information content (AvgIpc) is 3.12. The van der Waals surface area contributed by atoms with Crippen LogP contribution < -0.4 is 24.3 Å². The van der Waals surface area contributed by atoms with E-state index in [1.54, 1.807) is 14.2 Å². The maximum atomic E-state index is 8.74. The molecule has 0 aliphatic carbocycles. The molecule has 0 radical (unpaired) electrons. The molecule has 1 unspecified atom stereocenters. The number of methoxy groups -OCH3 is 2. The second-order valence-electron chi connectivity index (χ2n) is 6.27. The molecule has 10 heteroatoms. The topological polar surface area (TPSA) is 124 Å². The smallest absolute Gasteiger partial charge is 0.394 e. The summed E-state index contributed by atoms with van der Waals surface area (Å²) < 4.78 is 53.2. The zero-order valence-corrected chi connectivity index (χ0v) is 17.2. The molecule has 160 valence electrons. The number of hydrogen-bond acceptors (Lipinski definition) is 7. The van der Waals surface area contributed by atoms with Crippen LogP contribution in [0.4, 0.5) is 0 Å². The zero-order valence-electron chi connectivity index (χ0n) is 16.4. The van der Waals surface area contributed by atoms with Crippen molar-refractivity contribution in [3.8, 4) is 23.0 Å². The van der Waals surface area contributed by atoms with Crippen LogP contribution in [-0.4, -0.2) is 44.6 Å². The lowest BCUT2D eigenvalue weighted by Gasteiger charge is -2.17. The molecule has 0 amide bonds. The van der Waals surface area contributed by atoms with Crippen molar-refractivity contribution >= 4 is 10.4 Å². The largest absolute Gasteiger partial charge is 0.493 e. The van der Waals surface area contributed by atoms with E-state index in [0.29, 0.717) is 19.4 Å². The zero-order chi connectivity index (χ0) is 21.4. The highest BCUT2D eigenvalue weighted by atomic mass is 32.3. The Morgan fingerprint density at radius 2 is 1.79 bits per heavy atom. The molecule has 0 aromatic heterocycles. The fourth-order valence-electron chi connectivity index (χ4n) is 2.87. The minimum Gasteiger partial charge on any atom is -0.493 e. The van der Waals surface area contributed by atoms with Gasteiger partial charge in [-0.2, -0.15) is 8.42 Å². The van der Waals surface area contributed by atoms with Gasteiger partial charge in [0.2, 0.25) is 6.79 Å². The Bertz CT molecular complexity index is 908. The van der Waals surface area contributed by atoms with Crippen LogP contribution in [-0.2, 0) is 23.4 Å². The number of benzene rings is 2. The molecule has 3 N–H and O–H groups in total. The highest BCUT2D eigenvalue weighted by Gasteiger charge is 2.15. The molecule has 29 heavy (non-hydrogen) atoms. The van der Waals surface area contributed by atoms with Gasteiger partial charge in [0.15, 0.2) is 23.0 Å². The van der Waals surface area contributed by atoms with Gasteiger partial charge in [-0.05, 0) is 37.1 Å². The van der Waals surface area contributed by atoms with Crippen LogP contribution in [0.3, 0.4) is 0 Å². The Morgan fingerprint density at radius 3 is 2.45 bits per heavy atom. The molecule has 1 aliphatic heterocycles. The molecular weight excluding hydrogens is 402 g/mol. The van der Waals surface area contributed by atoms with Crippen LogP contribution in [0.2, 0.25) is 0 Å². The molecule has 1 heterocycles. The highest BCUT2D eigenvalue weighted by molar-refractivity contribution is 7.79. The van der Waals surface area contributed by atoms with Crippen molar-refractivity contribution in [2.75, 3.05) is 21.0 Å². The summed E-state index contributed by atoms with van der Waals surface area (Å²) in [6.07, 6.45) is 0.906. The number of para-hydroxylation sites is 1. The van der Waals surface area contributed by atoms with E-state index in [1.807, 2.05) is 30.3 Å². The summed E-state index contributed by atoms with van der Waals surface area (Å²) in [6.45, 7) is 3.19. The SMILES string of the molecule is COc1cccc(CNC(C)Cc2ccc3c(c2)OCO3)c1OC.O=S(=O)(O)O. The number of rotatable bonds is 7. The summed E-state index contributed by atoms with van der Waals surface area (Å²) in [5.41, 5.74) is 2.30. The molecule has 3 rings (SSSR count). The van der Waals surface area contributed by atoms with Gasteiger partial charge in [-0.3, -0.25) is 9.11 Å². The van der Waals surface area contributed by atoms with Gasteiger partial charge in [-0.1, -0.05) is 18.2 Å². The van der Waals surface area contributed by atoms with Crippen molar-refractivity contribution in [1.29, 1.82) is 0 Å². The molecule has 0 saturated carbocycles. The first-order chi connectivity index (χ1) is 13.7. The Kier molecular flexibility index (Phi) is 8.09. The van der Waals surface area contributed by atoms with Crippen molar-refractivity contribution < 1.29 is 36.5 Å². The van der Waals surface area contributed by atoms with E-state index in [0.717, 1.165) is 35.0 Å².